The van der Waals surface area contributed by atoms with E-state index in [0.717, 1.165) is 63.4 Å². The Morgan fingerprint density at radius 3 is 2.76 bits per heavy atom. The third-order valence-corrected chi connectivity index (χ3v) is 7.62. The number of methoxy groups -OCH3 is 1. The first-order valence-corrected chi connectivity index (χ1v) is 12.3. The van der Waals surface area contributed by atoms with Crippen molar-refractivity contribution in [2.45, 2.75) is 24.3 Å². The second-order valence-electron chi connectivity index (χ2n) is 9.64. The number of carbonyl (C=O) groups excluding carboxylic acids is 1. The van der Waals surface area contributed by atoms with Crippen LogP contribution in [0.2, 0.25) is 0 Å². The molecule has 0 bridgehead atoms. The summed E-state index contributed by atoms with van der Waals surface area (Å²) in [5.74, 6) is 1.77. The molecule has 1 aliphatic carbocycles. The van der Waals surface area contributed by atoms with Crippen LogP contribution >= 0.6 is 0 Å². The monoisotopic (exact) mass is 491 g/mol. The van der Waals surface area contributed by atoms with E-state index in [4.69, 9.17) is 9.47 Å². The molecule has 1 saturated carbocycles. The van der Waals surface area contributed by atoms with Crippen molar-refractivity contribution in [3.8, 4) is 22.8 Å². The molecule has 37 heavy (non-hydrogen) atoms. The summed E-state index contributed by atoms with van der Waals surface area (Å²) in [6.45, 7) is 1.32. The van der Waals surface area contributed by atoms with Gasteiger partial charge in [0.1, 0.15) is 18.1 Å². The van der Waals surface area contributed by atoms with Crippen molar-refractivity contribution in [2.24, 2.45) is 0 Å². The molecule has 1 fully saturated rings. The molecular weight excluding hydrogens is 466 g/mol. The average Bonchev–Trinajstić information content (AvgIpc) is 3.19. The molecule has 1 amide bonds. The molecule has 0 saturated heterocycles. The molecule has 2 N–H and O–H groups in total. The number of anilines is 1. The Morgan fingerprint density at radius 1 is 1.08 bits per heavy atom. The molecule has 2 unspecified atom stereocenters. The van der Waals surface area contributed by atoms with Crippen LogP contribution in [0.15, 0.2) is 79.4 Å². The van der Waals surface area contributed by atoms with Crippen LogP contribution in [-0.2, 0) is 16.8 Å². The summed E-state index contributed by atoms with van der Waals surface area (Å²) in [4.78, 5) is 17.1. The van der Waals surface area contributed by atoms with Crippen molar-refractivity contribution >= 4 is 22.5 Å². The number of H-pyrrole nitrogens is 1. The van der Waals surface area contributed by atoms with Crippen LogP contribution in [0.1, 0.15) is 23.5 Å². The zero-order valence-corrected chi connectivity index (χ0v) is 20.3. The molecule has 8 nitrogen and oxygen atoms in total. The summed E-state index contributed by atoms with van der Waals surface area (Å²) in [5, 5.41) is 11.9. The Kier molecular flexibility index (Phi) is 4.82. The summed E-state index contributed by atoms with van der Waals surface area (Å²) in [5.41, 5.74) is 5.39. The lowest BCUT2D eigenvalue weighted by Crippen LogP contribution is -2.21. The second-order valence-corrected chi connectivity index (χ2v) is 9.64. The van der Waals surface area contributed by atoms with Crippen molar-refractivity contribution in [3.63, 3.8) is 0 Å². The molecule has 1 aliphatic heterocycles. The number of nitrogens with zero attached hydrogens (tertiary/aromatic N) is 3. The van der Waals surface area contributed by atoms with Crippen LogP contribution in [0.4, 0.5) is 5.69 Å². The topological polar surface area (TPSA) is 94.1 Å². The van der Waals surface area contributed by atoms with E-state index in [1.165, 1.54) is 0 Å². The van der Waals surface area contributed by atoms with Gasteiger partial charge in [0.15, 0.2) is 0 Å². The van der Waals surface area contributed by atoms with Gasteiger partial charge in [0, 0.05) is 34.9 Å². The van der Waals surface area contributed by atoms with Crippen molar-refractivity contribution < 1.29 is 14.3 Å². The van der Waals surface area contributed by atoms with Crippen LogP contribution in [0.3, 0.4) is 0 Å². The van der Waals surface area contributed by atoms with E-state index in [2.05, 4.69) is 38.7 Å². The first-order valence-electron chi connectivity index (χ1n) is 12.3. The number of hydrogen-bond donors (Lipinski definition) is 2. The maximum Gasteiger partial charge on any atom is 0.235 e. The number of benzene rings is 3. The van der Waals surface area contributed by atoms with Crippen molar-refractivity contribution in [2.75, 3.05) is 19.0 Å². The zero-order chi connectivity index (χ0) is 25.0. The molecule has 5 aromatic rings. The van der Waals surface area contributed by atoms with Crippen LogP contribution < -0.4 is 14.8 Å². The van der Waals surface area contributed by atoms with E-state index in [-0.39, 0.29) is 11.8 Å². The smallest absolute Gasteiger partial charge is 0.235 e. The minimum Gasteiger partial charge on any atom is -0.497 e. The largest absolute Gasteiger partial charge is 0.497 e. The Bertz CT molecular complexity index is 1620. The summed E-state index contributed by atoms with van der Waals surface area (Å²) in [6.07, 6.45) is 6.24. The SMILES string of the molecule is COc1ccc2c(c1)C1(CC1c1ccc3c(-c4ccc(OCCn5ccnc5)cc4)n[nH]c3c1)C(=O)N2. The van der Waals surface area contributed by atoms with Gasteiger partial charge in [-0.3, -0.25) is 9.89 Å². The molecule has 2 aliphatic rings. The molecule has 7 rings (SSSR count). The molecule has 2 aromatic heterocycles. The fourth-order valence-corrected chi connectivity index (χ4v) is 5.57. The highest BCUT2D eigenvalue weighted by molar-refractivity contribution is 6.10. The van der Waals surface area contributed by atoms with Crippen LogP contribution in [0, 0.1) is 0 Å². The molecule has 3 aromatic carbocycles. The first-order chi connectivity index (χ1) is 18.2. The minimum atomic E-state index is -0.520. The molecule has 8 heteroatoms. The van der Waals surface area contributed by atoms with Gasteiger partial charge in [-0.15, -0.1) is 0 Å². The predicted octanol–water partition coefficient (Wildman–Crippen LogP) is 4.89. The number of aromatic amines is 1. The molecule has 3 heterocycles. The number of hydrogen-bond acceptors (Lipinski definition) is 5. The summed E-state index contributed by atoms with van der Waals surface area (Å²) in [6, 6.07) is 20.1. The van der Waals surface area contributed by atoms with Gasteiger partial charge in [-0.05, 0) is 66.1 Å². The maximum atomic E-state index is 13.0. The van der Waals surface area contributed by atoms with Crippen LogP contribution in [-0.4, -0.2) is 39.4 Å². The van der Waals surface area contributed by atoms with Crippen molar-refractivity contribution in [1.82, 2.24) is 19.7 Å². The Hall–Kier alpha value is -4.59. The summed E-state index contributed by atoms with van der Waals surface area (Å²) < 4.78 is 13.3. The Balaban J connectivity index is 1.11. The molecule has 0 radical (unpaired) electrons. The fraction of sp³-hybridized carbons (Fsp3) is 0.207. The number of fused-ring (bicyclic) bond motifs is 3. The van der Waals surface area contributed by atoms with Gasteiger partial charge in [-0.1, -0.05) is 12.1 Å². The number of imidazole rings is 1. The molecule has 2 atom stereocenters. The van der Waals surface area contributed by atoms with Gasteiger partial charge in [0.05, 0.1) is 36.6 Å². The number of rotatable bonds is 7. The van der Waals surface area contributed by atoms with Crippen molar-refractivity contribution in [1.29, 1.82) is 0 Å². The fourth-order valence-electron chi connectivity index (χ4n) is 5.57. The maximum absolute atomic E-state index is 13.0. The summed E-state index contributed by atoms with van der Waals surface area (Å²) >= 11 is 0. The number of carbonyl (C=O) groups is 1. The second kappa shape index (κ2) is 8.23. The lowest BCUT2D eigenvalue weighted by Gasteiger charge is -2.10. The molecule has 1 spiro atoms. The highest BCUT2D eigenvalue weighted by Gasteiger charge is 2.65. The quantitative estimate of drug-likeness (QED) is 0.338. The predicted molar refractivity (Wildman–Crippen MR) is 140 cm³/mol. The van der Waals surface area contributed by atoms with E-state index in [0.29, 0.717) is 6.61 Å². The highest BCUT2D eigenvalue weighted by Crippen LogP contribution is 2.65. The first kappa shape index (κ1) is 21.7. The third kappa shape index (κ3) is 3.48. The summed E-state index contributed by atoms with van der Waals surface area (Å²) in [7, 11) is 1.65. The highest BCUT2D eigenvalue weighted by atomic mass is 16.5. The minimum absolute atomic E-state index is 0.0680. The van der Waals surface area contributed by atoms with Gasteiger partial charge in [0.2, 0.25) is 5.91 Å². The lowest BCUT2D eigenvalue weighted by molar-refractivity contribution is -0.118. The molecule has 184 valence electrons. The van der Waals surface area contributed by atoms with Gasteiger partial charge in [0.25, 0.3) is 0 Å². The zero-order valence-electron chi connectivity index (χ0n) is 20.3. The van der Waals surface area contributed by atoms with Crippen molar-refractivity contribution in [3.05, 3.63) is 90.5 Å². The number of amides is 1. The number of aromatic nitrogens is 4. The van der Waals surface area contributed by atoms with E-state index in [1.807, 2.05) is 53.2 Å². The van der Waals surface area contributed by atoms with Gasteiger partial charge in [-0.2, -0.15) is 5.10 Å². The van der Waals surface area contributed by atoms with Crippen LogP contribution in [0.25, 0.3) is 22.2 Å². The van der Waals surface area contributed by atoms with Gasteiger partial charge < -0.3 is 19.4 Å². The lowest BCUT2D eigenvalue weighted by atomic mass is 9.91. The third-order valence-electron chi connectivity index (χ3n) is 7.62. The average molecular weight is 492 g/mol. The Labute approximate surface area is 213 Å². The van der Waals surface area contributed by atoms with E-state index in [1.54, 1.807) is 19.6 Å². The van der Waals surface area contributed by atoms with Gasteiger partial charge in [-0.25, -0.2) is 4.98 Å². The van der Waals surface area contributed by atoms with Gasteiger partial charge >= 0.3 is 0 Å². The van der Waals surface area contributed by atoms with Crippen LogP contribution in [0.5, 0.6) is 11.5 Å². The number of ether oxygens (including phenoxy) is 2. The van der Waals surface area contributed by atoms with E-state index in [9.17, 15) is 4.79 Å². The standard InChI is InChI=1S/C29H25N5O3/c1-36-21-7-9-25-23(15-21)29(28(35)31-25)16-24(29)19-4-8-22-26(14-19)32-33-27(22)18-2-5-20(6-3-18)37-13-12-34-11-10-30-17-34/h2-11,14-15,17,24H,12-13,16H2,1H3,(H,31,35)(H,32,33). The van der Waals surface area contributed by atoms with E-state index >= 15 is 0 Å². The number of nitrogens with one attached hydrogen (secondary N) is 2. The molecular formula is C29H25N5O3. The Morgan fingerprint density at radius 2 is 1.95 bits per heavy atom. The van der Waals surface area contributed by atoms with E-state index < -0.39 is 5.41 Å². The normalized spacial score (nSPS) is 19.7.